The van der Waals surface area contributed by atoms with E-state index in [9.17, 15) is 0 Å². The SMILES string of the molecule is CC1CNCC(C)N1C[C@@H]1CCCN1. The summed E-state index contributed by atoms with van der Waals surface area (Å²) >= 11 is 0. The molecule has 0 spiro atoms. The predicted octanol–water partition coefficient (Wildman–Crippen LogP) is 0.421. The van der Waals surface area contributed by atoms with E-state index < -0.39 is 0 Å². The van der Waals surface area contributed by atoms with Gasteiger partial charge in [-0.25, -0.2) is 0 Å². The number of hydrogen-bond donors (Lipinski definition) is 2. The number of rotatable bonds is 2. The van der Waals surface area contributed by atoms with Gasteiger partial charge in [0.05, 0.1) is 0 Å². The van der Waals surface area contributed by atoms with Crippen LogP contribution in [-0.2, 0) is 0 Å². The van der Waals surface area contributed by atoms with E-state index in [-0.39, 0.29) is 0 Å². The van der Waals surface area contributed by atoms with Crippen molar-refractivity contribution < 1.29 is 0 Å². The van der Waals surface area contributed by atoms with Gasteiger partial charge in [0.2, 0.25) is 0 Å². The topological polar surface area (TPSA) is 27.3 Å². The molecule has 14 heavy (non-hydrogen) atoms. The lowest BCUT2D eigenvalue weighted by molar-refractivity contribution is 0.106. The van der Waals surface area contributed by atoms with E-state index in [1.165, 1.54) is 25.9 Å². The highest BCUT2D eigenvalue weighted by Gasteiger charge is 2.27. The summed E-state index contributed by atoms with van der Waals surface area (Å²) in [6.45, 7) is 9.42. The van der Waals surface area contributed by atoms with Crippen molar-refractivity contribution in [3.05, 3.63) is 0 Å². The molecule has 2 fully saturated rings. The first-order chi connectivity index (χ1) is 6.77. The Morgan fingerprint density at radius 3 is 2.50 bits per heavy atom. The molecular weight excluding hydrogens is 174 g/mol. The van der Waals surface area contributed by atoms with Crippen LogP contribution >= 0.6 is 0 Å². The van der Waals surface area contributed by atoms with Crippen LogP contribution in [0.2, 0.25) is 0 Å². The van der Waals surface area contributed by atoms with Gasteiger partial charge in [-0.2, -0.15) is 0 Å². The standard InChI is InChI=1S/C11H23N3/c1-9-6-12-7-10(2)14(9)8-11-4-3-5-13-11/h9-13H,3-8H2,1-2H3/t9?,10?,11-/m0/s1. The van der Waals surface area contributed by atoms with E-state index >= 15 is 0 Å². The second-order valence-electron chi connectivity index (χ2n) is 4.85. The summed E-state index contributed by atoms with van der Waals surface area (Å²) in [5.41, 5.74) is 0. The van der Waals surface area contributed by atoms with Crippen molar-refractivity contribution >= 4 is 0 Å². The molecule has 2 heterocycles. The van der Waals surface area contributed by atoms with Gasteiger partial charge < -0.3 is 10.6 Å². The van der Waals surface area contributed by atoms with Crippen molar-refractivity contribution in [1.82, 2.24) is 15.5 Å². The van der Waals surface area contributed by atoms with Crippen LogP contribution in [-0.4, -0.2) is 49.2 Å². The molecule has 3 nitrogen and oxygen atoms in total. The average molecular weight is 197 g/mol. The van der Waals surface area contributed by atoms with Gasteiger partial charge in [0, 0.05) is 37.8 Å². The molecule has 0 aromatic rings. The molecule has 2 N–H and O–H groups in total. The van der Waals surface area contributed by atoms with Gasteiger partial charge in [-0.3, -0.25) is 4.90 Å². The van der Waals surface area contributed by atoms with Gasteiger partial charge in [-0.15, -0.1) is 0 Å². The fraction of sp³-hybridized carbons (Fsp3) is 1.00. The summed E-state index contributed by atoms with van der Waals surface area (Å²) in [5.74, 6) is 0. The maximum atomic E-state index is 3.58. The van der Waals surface area contributed by atoms with Crippen molar-refractivity contribution in [2.75, 3.05) is 26.2 Å². The Hall–Kier alpha value is -0.120. The fourth-order valence-electron chi connectivity index (χ4n) is 2.70. The molecular formula is C11H23N3. The van der Waals surface area contributed by atoms with Crippen LogP contribution in [0.3, 0.4) is 0 Å². The van der Waals surface area contributed by atoms with E-state index in [2.05, 4.69) is 29.4 Å². The summed E-state index contributed by atoms with van der Waals surface area (Å²) in [4.78, 5) is 2.65. The summed E-state index contributed by atoms with van der Waals surface area (Å²) in [6, 6.07) is 2.14. The number of hydrogen-bond acceptors (Lipinski definition) is 3. The van der Waals surface area contributed by atoms with E-state index in [1.54, 1.807) is 0 Å². The lowest BCUT2D eigenvalue weighted by atomic mass is 10.1. The third-order valence-electron chi connectivity index (χ3n) is 3.61. The monoisotopic (exact) mass is 197 g/mol. The lowest BCUT2D eigenvalue weighted by Crippen LogP contribution is -2.57. The first-order valence-corrected chi connectivity index (χ1v) is 5.97. The van der Waals surface area contributed by atoms with Gasteiger partial charge in [-0.1, -0.05) is 0 Å². The van der Waals surface area contributed by atoms with Crippen LogP contribution in [0, 0.1) is 0 Å². The Labute approximate surface area is 87.2 Å². The third-order valence-corrected chi connectivity index (χ3v) is 3.61. The molecule has 0 radical (unpaired) electrons. The lowest BCUT2D eigenvalue weighted by Gasteiger charge is -2.40. The molecule has 0 aromatic carbocycles. The predicted molar refractivity (Wildman–Crippen MR) is 59.5 cm³/mol. The van der Waals surface area contributed by atoms with Gasteiger partial charge in [0.1, 0.15) is 0 Å². The van der Waals surface area contributed by atoms with Crippen LogP contribution in [0.15, 0.2) is 0 Å². The quantitative estimate of drug-likeness (QED) is 0.672. The zero-order chi connectivity index (χ0) is 9.97. The van der Waals surface area contributed by atoms with Crippen LogP contribution in [0.1, 0.15) is 26.7 Å². The molecule has 2 aliphatic heterocycles. The summed E-state index contributed by atoms with van der Waals surface area (Å²) in [5, 5.41) is 7.06. The van der Waals surface area contributed by atoms with E-state index in [1.807, 2.05) is 0 Å². The fourth-order valence-corrected chi connectivity index (χ4v) is 2.70. The molecule has 0 aliphatic carbocycles. The zero-order valence-electron chi connectivity index (χ0n) is 9.42. The number of nitrogens with one attached hydrogen (secondary N) is 2. The van der Waals surface area contributed by atoms with Crippen LogP contribution in [0.4, 0.5) is 0 Å². The Bertz CT molecular complexity index is 167. The summed E-state index contributed by atoms with van der Waals surface area (Å²) < 4.78 is 0. The normalized spacial score (nSPS) is 40.3. The second-order valence-corrected chi connectivity index (χ2v) is 4.85. The van der Waals surface area contributed by atoms with Gasteiger partial charge >= 0.3 is 0 Å². The summed E-state index contributed by atoms with van der Waals surface area (Å²) in [6.07, 6.45) is 2.73. The first-order valence-electron chi connectivity index (χ1n) is 5.97. The number of nitrogens with zero attached hydrogens (tertiary/aromatic N) is 1. The first kappa shape index (κ1) is 10.4. The molecule has 0 aromatic heterocycles. The Balaban J connectivity index is 1.86. The van der Waals surface area contributed by atoms with Gasteiger partial charge in [0.25, 0.3) is 0 Å². The van der Waals surface area contributed by atoms with Crippen LogP contribution in [0.5, 0.6) is 0 Å². The van der Waals surface area contributed by atoms with Crippen molar-refractivity contribution in [2.45, 2.75) is 44.8 Å². The van der Waals surface area contributed by atoms with Crippen molar-refractivity contribution in [1.29, 1.82) is 0 Å². The highest BCUT2D eigenvalue weighted by molar-refractivity contribution is 4.87. The number of piperazine rings is 1. The average Bonchev–Trinajstić information content (AvgIpc) is 2.64. The molecule has 0 amide bonds. The Morgan fingerprint density at radius 2 is 1.93 bits per heavy atom. The summed E-state index contributed by atoms with van der Waals surface area (Å²) in [7, 11) is 0. The van der Waals surface area contributed by atoms with Gasteiger partial charge in [0.15, 0.2) is 0 Å². The van der Waals surface area contributed by atoms with Crippen LogP contribution in [0.25, 0.3) is 0 Å². The minimum absolute atomic E-state index is 0.696. The second kappa shape index (κ2) is 4.60. The maximum absolute atomic E-state index is 3.58. The highest BCUT2D eigenvalue weighted by Crippen LogP contribution is 2.14. The molecule has 2 unspecified atom stereocenters. The Kier molecular flexibility index (Phi) is 3.42. The molecule has 3 atom stereocenters. The zero-order valence-corrected chi connectivity index (χ0v) is 9.42. The largest absolute Gasteiger partial charge is 0.314 e. The Morgan fingerprint density at radius 1 is 1.21 bits per heavy atom. The van der Waals surface area contributed by atoms with E-state index in [4.69, 9.17) is 0 Å². The van der Waals surface area contributed by atoms with Crippen molar-refractivity contribution in [3.63, 3.8) is 0 Å². The molecule has 82 valence electrons. The maximum Gasteiger partial charge on any atom is 0.0196 e. The minimum atomic E-state index is 0.696. The van der Waals surface area contributed by atoms with Crippen LogP contribution < -0.4 is 10.6 Å². The van der Waals surface area contributed by atoms with E-state index in [0.29, 0.717) is 12.1 Å². The molecule has 0 saturated carbocycles. The smallest absolute Gasteiger partial charge is 0.0196 e. The highest BCUT2D eigenvalue weighted by atomic mass is 15.3. The molecule has 0 bridgehead atoms. The van der Waals surface area contributed by atoms with E-state index in [0.717, 1.165) is 19.1 Å². The van der Waals surface area contributed by atoms with Gasteiger partial charge in [-0.05, 0) is 33.2 Å². The minimum Gasteiger partial charge on any atom is -0.314 e. The molecule has 2 saturated heterocycles. The molecule has 3 heteroatoms. The third kappa shape index (κ3) is 2.27. The van der Waals surface area contributed by atoms with Crippen molar-refractivity contribution in [3.8, 4) is 0 Å². The molecule has 2 rings (SSSR count). The van der Waals surface area contributed by atoms with Crippen molar-refractivity contribution in [2.24, 2.45) is 0 Å². The molecule has 2 aliphatic rings.